The third kappa shape index (κ3) is 3.66. The first-order valence-corrected chi connectivity index (χ1v) is 7.02. The zero-order valence-electron chi connectivity index (χ0n) is 12.4. The molecule has 0 saturated carbocycles. The second kappa shape index (κ2) is 6.97. The van der Waals surface area contributed by atoms with Crippen molar-refractivity contribution in [1.29, 1.82) is 0 Å². The van der Waals surface area contributed by atoms with Crippen LogP contribution in [0.3, 0.4) is 0 Å². The summed E-state index contributed by atoms with van der Waals surface area (Å²) >= 11 is 0. The third-order valence-electron chi connectivity index (χ3n) is 3.59. The summed E-state index contributed by atoms with van der Waals surface area (Å²) in [6.07, 6.45) is 7.68. The maximum Gasteiger partial charge on any atom is 0.335 e. The minimum Gasteiger partial charge on any atom is -0.493 e. The van der Waals surface area contributed by atoms with Crippen LogP contribution in [0.5, 0.6) is 11.5 Å². The summed E-state index contributed by atoms with van der Waals surface area (Å²) in [4.78, 5) is 11.5. The monoisotopic (exact) mass is 288 g/mol. The molecule has 0 aliphatic heterocycles. The maximum atomic E-state index is 11.5. The fourth-order valence-electron chi connectivity index (χ4n) is 2.48. The molecule has 0 unspecified atom stereocenters. The summed E-state index contributed by atoms with van der Waals surface area (Å²) in [6, 6.07) is 5.39. The average molecular weight is 288 g/mol. The van der Waals surface area contributed by atoms with E-state index in [9.17, 15) is 9.90 Å². The van der Waals surface area contributed by atoms with Gasteiger partial charge in [0.25, 0.3) is 0 Å². The van der Waals surface area contributed by atoms with Crippen LogP contribution in [0, 0.1) is 0 Å². The van der Waals surface area contributed by atoms with Gasteiger partial charge >= 0.3 is 5.97 Å². The summed E-state index contributed by atoms with van der Waals surface area (Å²) in [5.41, 5.74) is 2.07. The van der Waals surface area contributed by atoms with E-state index in [-0.39, 0.29) is 0 Å². The Bertz CT molecular complexity index is 584. The van der Waals surface area contributed by atoms with Crippen LogP contribution < -0.4 is 9.47 Å². The van der Waals surface area contributed by atoms with Crippen molar-refractivity contribution in [1.82, 2.24) is 0 Å². The first kappa shape index (κ1) is 15.2. The van der Waals surface area contributed by atoms with Crippen molar-refractivity contribution in [2.24, 2.45) is 0 Å². The number of carboxylic acid groups (broad SMARTS) is 1. The van der Waals surface area contributed by atoms with Gasteiger partial charge in [-0.3, -0.25) is 0 Å². The SMILES string of the molecule is COc1ccc(C=C(C(=O)O)C2=CCCCC2)cc1OC. The molecule has 0 heterocycles. The molecule has 0 aromatic heterocycles. The Morgan fingerprint density at radius 2 is 1.95 bits per heavy atom. The van der Waals surface area contributed by atoms with Gasteiger partial charge in [0.2, 0.25) is 0 Å². The molecule has 4 nitrogen and oxygen atoms in total. The van der Waals surface area contributed by atoms with Crippen molar-refractivity contribution in [2.45, 2.75) is 25.7 Å². The Hall–Kier alpha value is -2.23. The summed E-state index contributed by atoms with van der Waals surface area (Å²) in [7, 11) is 3.13. The highest BCUT2D eigenvalue weighted by molar-refractivity contribution is 5.97. The molecule has 0 atom stereocenters. The highest BCUT2D eigenvalue weighted by atomic mass is 16.5. The molecule has 0 fully saturated rings. The first-order chi connectivity index (χ1) is 10.2. The van der Waals surface area contributed by atoms with Gasteiger partial charge in [-0.05, 0) is 55.0 Å². The van der Waals surface area contributed by atoms with Crippen molar-refractivity contribution in [2.75, 3.05) is 14.2 Å². The van der Waals surface area contributed by atoms with Crippen LogP contribution >= 0.6 is 0 Å². The van der Waals surface area contributed by atoms with Gasteiger partial charge in [0.05, 0.1) is 19.8 Å². The molecular weight excluding hydrogens is 268 g/mol. The van der Waals surface area contributed by atoms with Crippen LogP contribution in [0.4, 0.5) is 0 Å². The molecule has 1 aromatic carbocycles. The van der Waals surface area contributed by atoms with Gasteiger partial charge in [0, 0.05) is 0 Å². The van der Waals surface area contributed by atoms with Crippen molar-refractivity contribution >= 4 is 12.0 Å². The van der Waals surface area contributed by atoms with Crippen LogP contribution in [-0.4, -0.2) is 25.3 Å². The molecule has 1 aliphatic carbocycles. The fraction of sp³-hybridized carbons (Fsp3) is 0.353. The van der Waals surface area contributed by atoms with Gasteiger partial charge < -0.3 is 14.6 Å². The maximum absolute atomic E-state index is 11.5. The number of hydrogen-bond acceptors (Lipinski definition) is 3. The summed E-state index contributed by atoms with van der Waals surface area (Å²) in [5, 5.41) is 9.45. The van der Waals surface area contributed by atoms with Crippen molar-refractivity contribution < 1.29 is 19.4 Å². The lowest BCUT2D eigenvalue weighted by Crippen LogP contribution is -2.06. The number of methoxy groups -OCH3 is 2. The summed E-state index contributed by atoms with van der Waals surface area (Å²) in [5.74, 6) is 0.329. The standard InChI is InChI=1S/C17H20O4/c1-20-15-9-8-12(11-16(15)21-2)10-14(17(18)19)13-6-4-3-5-7-13/h6,8-11H,3-5,7H2,1-2H3,(H,18,19). The second-order valence-electron chi connectivity index (χ2n) is 4.95. The molecule has 1 N–H and O–H groups in total. The van der Waals surface area contributed by atoms with Crippen molar-refractivity contribution in [3.63, 3.8) is 0 Å². The molecule has 2 rings (SSSR count). The second-order valence-corrected chi connectivity index (χ2v) is 4.95. The predicted molar refractivity (Wildman–Crippen MR) is 81.7 cm³/mol. The fourth-order valence-corrected chi connectivity index (χ4v) is 2.48. The van der Waals surface area contributed by atoms with Crippen molar-refractivity contribution in [3.05, 3.63) is 41.0 Å². The highest BCUT2D eigenvalue weighted by Gasteiger charge is 2.15. The largest absolute Gasteiger partial charge is 0.493 e. The smallest absolute Gasteiger partial charge is 0.335 e. The van der Waals surface area contributed by atoms with Gasteiger partial charge in [-0.1, -0.05) is 12.1 Å². The van der Waals surface area contributed by atoms with Crippen LogP contribution in [0.15, 0.2) is 35.4 Å². The number of benzene rings is 1. The molecule has 0 spiro atoms. The molecule has 0 amide bonds. The van der Waals surface area contributed by atoms with Crippen LogP contribution in [0.2, 0.25) is 0 Å². The Kier molecular flexibility index (Phi) is 5.04. The van der Waals surface area contributed by atoms with Crippen LogP contribution in [-0.2, 0) is 4.79 Å². The molecule has 21 heavy (non-hydrogen) atoms. The molecule has 112 valence electrons. The first-order valence-electron chi connectivity index (χ1n) is 7.02. The van der Waals surface area contributed by atoms with Crippen LogP contribution in [0.1, 0.15) is 31.2 Å². The highest BCUT2D eigenvalue weighted by Crippen LogP contribution is 2.30. The van der Waals surface area contributed by atoms with E-state index in [2.05, 4.69) is 0 Å². The lowest BCUT2D eigenvalue weighted by Gasteiger charge is -2.14. The molecule has 0 bridgehead atoms. The normalized spacial score (nSPS) is 15.3. The predicted octanol–water partition coefficient (Wildman–Crippen LogP) is 3.67. The Balaban J connectivity index is 2.38. The van der Waals surface area contributed by atoms with Crippen LogP contribution in [0.25, 0.3) is 6.08 Å². The van der Waals surface area contributed by atoms with E-state index in [1.165, 1.54) is 0 Å². The van der Waals surface area contributed by atoms with Gasteiger partial charge in [-0.25, -0.2) is 4.79 Å². The van der Waals surface area contributed by atoms with E-state index in [0.29, 0.717) is 17.1 Å². The van der Waals surface area contributed by atoms with Gasteiger partial charge in [0.1, 0.15) is 0 Å². The van der Waals surface area contributed by atoms with E-state index in [0.717, 1.165) is 36.8 Å². The Labute approximate surface area is 124 Å². The Morgan fingerprint density at radius 3 is 2.52 bits per heavy atom. The number of carboxylic acids is 1. The molecule has 1 aliphatic rings. The molecule has 4 heteroatoms. The van der Waals surface area contributed by atoms with E-state index >= 15 is 0 Å². The summed E-state index contributed by atoms with van der Waals surface area (Å²) in [6.45, 7) is 0. The molecule has 0 saturated heterocycles. The number of aliphatic carboxylic acids is 1. The number of allylic oxidation sites excluding steroid dienone is 1. The van der Waals surface area contributed by atoms with E-state index in [1.807, 2.05) is 12.1 Å². The Morgan fingerprint density at radius 1 is 1.19 bits per heavy atom. The molecular formula is C17H20O4. The number of rotatable bonds is 5. The number of ether oxygens (including phenoxy) is 2. The number of carbonyl (C=O) groups is 1. The molecule has 1 aromatic rings. The van der Waals surface area contributed by atoms with Gasteiger partial charge in [-0.2, -0.15) is 0 Å². The van der Waals surface area contributed by atoms with E-state index < -0.39 is 5.97 Å². The summed E-state index contributed by atoms with van der Waals surface area (Å²) < 4.78 is 10.4. The van der Waals surface area contributed by atoms with E-state index in [1.54, 1.807) is 32.4 Å². The zero-order chi connectivity index (χ0) is 15.2. The van der Waals surface area contributed by atoms with Crippen molar-refractivity contribution in [3.8, 4) is 11.5 Å². The minimum absolute atomic E-state index is 0.363. The quantitative estimate of drug-likeness (QED) is 0.840. The van der Waals surface area contributed by atoms with Gasteiger partial charge in [0.15, 0.2) is 11.5 Å². The van der Waals surface area contributed by atoms with Gasteiger partial charge in [-0.15, -0.1) is 0 Å². The third-order valence-corrected chi connectivity index (χ3v) is 3.59. The lowest BCUT2D eigenvalue weighted by molar-refractivity contribution is -0.132. The average Bonchev–Trinajstić information content (AvgIpc) is 2.52. The number of hydrogen-bond donors (Lipinski definition) is 1. The lowest BCUT2D eigenvalue weighted by atomic mass is 9.92. The van der Waals surface area contributed by atoms with E-state index in [4.69, 9.17) is 9.47 Å². The topological polar surface area (TPSA) is 55.8 Å². The minimum atomic E-state index is -0.891. The zero-order valence-corrected chi connectivity index (χ0v) is 12.4. The molecule has 0 radical (unpaired) electrons.